The van der Waals surface area contributed by atoms with Crippen molar-refractivity contribution < 1.29 is 19.4 Å². The standard InChI is InChI=1S/C23H19NO4/c1-28-23(27)24(16-12-10-15(11-13-16)14-21(25)26)22-19-8-4-2-6-17(19)18-7-3-5-9-20(18)22/h2-13,22H,14H2,1H3,(H,25,26). The summed E-state index contributed by atoms with van der Waals surface area (Å²) >= 11 is 0. The first-order chi connectivity index (χ1) is 13.6. The van der Waals surface area contributed by atoms with Crippen LogP contribution in [0.5, 0.6) is 0 Å². The fourth-order valence-corrected chi connectivity index (χ4v) is 3.81. The van der Waals surface area contributed by atoms with Gasteiger partial charge in [0.05, 0.1) is 19.6 Å². The van der Waals surface area contributed by atoms with Gasteiger partial charge in [-0.25, -0.2) is 4.79 Å². The van der Waals surface area contributed by atoms with Gasteiger partial charge in [0.2, 0.25) is 0 Å². The minimum absolute atomic E-state index is 0.0619. The fourth-order valence-electron chi connectivity index (χ4n) is 3.81. The van der Waals surface area contributed by atoms with Gasteiger partial charge in [-0.2, -0.15) is 0 Å². The third kappa shape index (κ3) is 3.01. The second-order valence-corrected chi connectivity index (χ2v) is 6.65. The molecule has 0 atom stereocenters. The number of ether oxygens (including phenoxy) is 1. The summed E-state index contributed by atoms with van der Waals surface area (Å²) in [4.78, 5) is 25.4. The SMILES string of the molecule is COC(=O)N(c1ccc(CC(=O)O)cc1)C1c2ccccc2-c2ccccc21. The number of carboxylic acid groups (broad SMARTS) is 1. The van der Waals surface area contributed by atoms with Crippen LogP contribution in [0, 0.1) is 0 Å². The quantitative estimate of drug-likeness (QED) is 0.722. The number of nitrogens with zero attached hydrogens (tertiary/aromatic N) is 1. The maximum absolute atomic E-state index is 12.8. The van der Waals surface area contributed by atoms with E-state index in [1.165, 1.54) is 7.11 Å². The first-order valence-corrected chi connectivity index (χ1v) is 8.96. The average molecular weight is 373 g/mol. The van der Waals surface area contributed by atoms with Gasteiger partial charge < -0.3 is 9.84 Å². The van der Waals surface area contributed by atoms with E-state index in [0.29, 0.717) is 11.3 Å². The van der Waals surface area contributed by atoms with Crippen LogP contribution in [0.1, 0.15) is 22.7 Å². The van der Waals surface area contributed by atoms with E-state index in [4.69, 9.17) is 9.84 Å². The summed E-state index contributed by atoms with van der Waals surface area (Å²) < 4.78 is 5.10. The zero-order valence-electron chi connectivity index (χ0n) is 15.3. The Kier molecular flexibility index (Phi) is 4.57. The third-order valence-electron chi connectivity index (χ3n) is 5.00. The molecule has 0 spiro atoms. The average Bonchev–Trinajstić information content (AvgIpc) is 3.04. The van der Waals surface area contributed by atoms with E-state index in [-0.39, 0.29) is 12.5 Å². The van der Waals surface area contributed by atoms with Gasteiger partial charge >= 0.3 is 12.1 Å². The van der Waals surface area contributed by atoms with Gasteiger partial charge in [-0.3, -0.25) is 9.69 Å². The van der Waals surface area contributed by atoms with E-state index in [2.05, 4.69) is 12.1 Å². The van der Waals surface area contributed by atoms with Crippen molar-refractivity contribution >= 4 is 17.7 Å². The molecule has 4 rings (SSSR count). The van der Waals surface area contributed by atoms with Crippen LogP contribution < -0.4 is 4.90 Å². The number of benzene rings is 3. The molecule has 3 aromatic carbocycles. The summed E-state index contributed by atoms with van der Waals surface area (Å²) in [6.45, 7) is 0. The lowest BCUT2D eigenvalue weighted by atomic mass is 10.0. The molecular formula is C23H19NO4. The Morgan fingerprint density at radius 2 is 1.43 bits per heavy atom. The molecule has 1 aliphatic rings. The van der Waals surface area contributed by atoms with Crippen molar-refractivity contribution in [2.75, 3.05) is 12.0 Å². The second kappa shape index (κ2) is 7.19. The van der Waals surface area contributed by atoms with Gasteiger partial charge in [-0.1, -0.05) is 60.7 Å². The highest BCUT2D eigenvalue weighted by atomic mass is 16.5. The molecule has 0 heterocycles. The highest BCUT2D eigenvalue weighted by Crippen LogP contribution is 2.47. The molecule has 28 heavy (non-hydrogen) atoms. The van der Waals surface area contributed by atoms with E-state index in [0.717, 1.165) is 22.3 Å². The molecule has 1 N–H and O–H groups in total. The van der Waals surface area contributed by atoms with Gasteiger partial charge in [-0.05, 0) is 39.9 Å². The summed E-state index contributed by atoms with van der Waals surface area (Å²) in [5.74, 6) is -0.892. The minimum Gasteiger partial charge on any atom is -0.481 e. The summed E-state index contributed by atoms with van der Waals surface area (Å²) in [7, 11) is 1.36. The maximum Gasteiger partial charge on any atom is 0.414 e. The van der Waals surface area contributed by atoms with Crippen LogP contribution in [0.25, 0.3) is 11.1 Å². The molecule has 0 saturated carbocycles. The normalized spacial score (nSPS) is 12.2. The predicted octanol–water partition coefficient (Wildman–Crippen LogP) is 4.66. The number of rotatable bonds is 4. The minimum atomic E-state index is -0.892. The van der Waals surface area contributed by atoms with Crippen molar-refractivity contribution in [2.45, 2.75) is 12.5 Å². The Hall–Kier alpha value is -3.60. The number of hydrogen-bond acceptors (Lipinski definition) is 3. The Morgan fingerprint density at radius 1 is 0.893 bits per heavy atom. The van der Waals surface area contributed by atoms with E-state index in [9.17, 15) is 9.59 Å². The molecule has 5 heteroatoms. The molecule has 0 fully saturated rings. The van der Waals surface area contributed by atoms with Gasteiger partial charge in [0, 0.05) is 5.69 Å². The Bertz CT molecular complexity index is 997. The molecule has 1 amide bonds. The molecule has 0 aliphatic heterocycles. The molecule has 5 nitrogen and oxygen atoms in total. The van der Waals surface area contributed by atoms with Crippen molar-refractivity contribution in [1.82, 2.24) is 0 Å². The molecule has 140 valence electrons. The summed E-state index contributed by atoms with van der Waals surface area (Å²) in [5.41, 5.74) is 5.58. The lowest BCUT2D eigenvalue weighted by molar-refractivity contribution is -0.136. The number of carboxylic acids is 1. The molecule has 0 bridgehead atoms. The lowest BCUT2D eigenvalue weighted by Crippen LogP contribution is -2.34. The van der Waals surface area contributed by atoms with E-state index < -0.39 is 12.1 Å². The molecule has 0 unspecified atom stereocenters. The summed E-state index contributed by atoms with van der Waals surface area (Å²) in [5, 5.41) is 8.98. The number of carbonyl (C=O) groups excluding carboxylic acids is 1. The summed E-state index contributed by atoms with van der Waals surface area (Å²) in [6, 6.07) is 22.7. The second-order valence-electron chi connectivity index (χ2n) is 6.65. The van der Waals surface area contributed by atoms with Crippen molar-refractivity contribution in [3.63, 3.8) is 0 Å². The fraction of sp³-hybridized carbons (Fsp3) is 0.130. The molecule has 1 aliphatic carbocycles. The number of fused-ring (bicyclic) bond motifs is 3. The molecule has 0 radical (unpaired) electrons. The number of carbonyl (C=O) groups is 2. The zero-order chi connectivity index (χ0) is 19.7. The highest BCUT2D eigenvalue weighted by molar-refractivity contribution is 5.93. The van der Waals surface area contributed by atoms with Crippen LogP contribution in [0.4, 0.5) is 10.5 Å². The molecule has 0 aromatic heterocycles. The maximum atomic E-state index is 12.8. The third-order valence-corrected chi connectivity index (χ3v) is 5.00. The monoisotopic (exact) mass is 373 g/mol. The van der Waals surface area contributed by atoms with E-state index in [1.807, 2.05) is 36.4 Å². The number of hydrogen-bond donors (Lipinski definition) is 1. The van der Waals surface area contributed by atoms with Gasteiger partial charge in [0.15, 0.2) is 0 Å². The number of amides is 1. The Balaban J connectivity index is 1.83. The van der Waals surface area contributed by atoms with Crippen LogP contribution in [-0.4, -0.2) is 24.3 Å². The van der Waals surface area contributed by atoms with E-state index >= 15 is 0 Å². The molecule has 0 saturated heterocycles. The van der Waals surface area contributed by atoms with Crippen LogP contribution in [-0.2, 0) is 16.0 Å². The smallest absolute Gasteiger partial charge is 0.414 e. The first-order valence-electron chi connectivity index (χ1n) is 8.96. The number of methoxy groups -OCH3 is 1. The first kappa shape index (κ1) is 17.8. The van der Waals surface area contributed by atoms with E-state index in [1.54, 1.807) is 29.2 Å². The Labute approximate surface area is 162 Å². The van der Waals surface area contributed by atoms with Crippen molar-refractivity contribution in [3.05, 3.63) is 89.5 Å². The highest BCUT2D eigenvalue weighted by Gasteiger charge is 2.36. The van der Waals surface area contributed by atoms with Crippen molar-refractivity contribution in [3.8, 4) is 11.1 Å². The summed E-state index contributed by atoms with van der Waals surface area (Å²) in [6.07, 6.45) is -0.532. The molecule has 3 aromatic rings. The Morgan fingerprint density at radius 3 is 1.93 bits per heavy atom. The van der Waals surface area contributed by atoms with Gasteiger partial charge in [-0.15, -0.1) is 0 Å². The topological polar surface area (TPSA) is 66.8 Å². The van der Waals surface area contributed by atoms with Crippen LogP contribution in [0.3, 0.4) is 0 Å². The molecular weight excluding hydrogens is 354 g/mol. The van der Waals surface area contributed by atoms with Crippen LogP contribution in [0.2, 0.25) is 0 Å². The zero-order valence-corrected chi connectivity index (χ0v) is 15.3. The van der Waals surface area contributed by atoms with Crippen molar-refractivity contribution in [2.24, 2.45) is 0 Å². The lowest BCUT2D eigenvalue weighted by Gasteiger charge is -2.29. The van der Waals surface area contributed by atoms with Crippen LogP contribution in [0.15, 0.2) is 72.8 Å². The number of aliphatic carboxylic acids is 1. The van der Waals surface area contributed by atoms with Gasteiger partial charge in [0.1, 0.15) is 0 Å². The number of anilines is 1. The largest absolute Gasteiger partial charge is 0.481 e. The van der Waals surface area contributed by atoms with Crippen molar-refractivity contribution in [1.29, 1.82) is 0 Å². The predicted molar refractivity (Wildman–Crippen MR) is 106 cm³/mol. The van der Waals surface area contributed by atoms with Gasteiger partial charge in [0.25, 0.3) is 0 Å². The van der Waals surface area contributed by atoms with Crippen LogP contribution >= 0.6 is 0 Å².